The lowest BCUT2D eigenvalue weighted by Crippen LogP contribution is -2.62. The molecule has 0 unspecified atom stereocenters. The van der Waals surface area contributed by atoms with Gasteiger partial charge < -0.3 is 59.9 Å². The third kappa shape index (κ3) is 16.3. The number of halogens is 2. The number of piperidine rings is 2. The maximum absolute atomic E-state index is 13.0. The first-order valence-electron chi connectivity index (χ1n) is 24.0. The first-order valence-corrected chi connectivity index (χ1v) is 24.0. The third-order valence-corrected chi connectivity index (χ3v) is 12.9. The molecule has 18 nitrogen and oxygen atoms in total. The smallest absolute Gasteiger partial charge is 0.407 e. The van der Waals surface area contributed by atoms with Crippen LogP contribution in [0, 0.1) is 11.8 Å². The number of fused-ring (bicyclic) bond motifs is 6. The van der Waals surface area contributed by atoms with Crippen LogP contribution in [0.5, 0.6) is 23.0 Å². The van der Waals surface area contributed by atoms with Gasteiger partial charge in [0.1, 0.15) is 11.2 Å². The van der Waals surface area contributed by atoms with Crippen LogP contribution in [-0.4, -0.2) is 156 Å². The van der Waals surface area contributed by atoms with Crippen molar-refractivity contribution in [3.8, 4) is 23.0 Å². The van der Waals surface area contributed by atoms with Gasteiger partial charge in [0.15, 0.2) is 23.0 Å². The predicted molar refractivity (Wildman–Crippen MR) is 267 cm³/mol. The number of rotatable bonds is 12. The van der Waals surface area contributed by atoms with Crippen LogP contribution in [0.4, 0.5) is 18.4 Å². The zero-order chi connectivity index (χ0) is 51.5. The van der Waals surface area contributed by atoms with Crippen LogP contribution in [0.15, 0.2) is 24.3 Å². The molecule has 6 N–H and O–H groups in total. The van der Waals surface area contributed by atoms with Crippen molar-refractivity contribution in [3.63, 3.8) is 0 Å². The normalized spacial score (nSPS) is 24.0. The summed E-state index contributed by atoms with van der Waals surface area (Å²) in [4.78, 5) is 52.4. The number of nitrogens with one attached hydrogen (secondary N) is 3. The Kier molecular flexibility index (Phi) is 21.7. The summed E-state index contributed by atoms with van der Waals surface area (Å²) in [6.07, 6.45) is 2.20. The van der Waals surface area contributed by atoms with E-state index in [9.17, 15) is 33.1 Å². The summed E-state index contributed by atoms with van der Waals surface area (Å²) in [6, 6.07) is 7.23. The summed E-state index contributed by atoms with van der Waals surface area (Å²) < 4.78 is 62.0. The van der Waals surface area contributed by atoms with Crippen LogP contribution in [-0.2, 0) is 36.6 Å². The first-order chi connectivity index (χ1) is 33.1. The predicted octanol–water partition coefficient (Wildman–Crippen LogP) is 5.21. The Hall–Kier alpha value is -4.83. The fraction of sp³-hybridized carbons (Fsp3) is 0.680. The number of cyclic esters (lactones) is 1. The molecule has 400 valence electrons. The Morgan fingerprint density at radius 3 is 1.62 bits per heavy atom. The number of alkyl halides is 2. The Bertz CT molecular complexity index is 2110. The average molecular weight is 1030 g/mol. The van der Waals surface area contributed by atoms with Crippen molar-refractivity contribution >= 4 is 37.6 Å². The van der Waals surface area contributed by atoms with Crippen molar-refractivity contribution in [2.45, 2.75) is 128 Å². The number of aliphatic hydroxyl groups excluding tert-OH is 1. The number of ether oxygens (including phenoxy) is 7. The number of amides is 3. The number of aliphatic hydroxyl groups is 1. The van der Waals surface area contributed by atoms with Crippen LogP contribution in [0.2, 0.25) is 0 Å². The highest BCUT2D eigenvalue weighted by atomic mass is 32.1. The summed E-state index contributed by atoms with van der Waals surface area (Å²) in [5.74, 6) is 1.26. The highest BCUT2D eigenvalue weighted by Gasteiger charge is 2.42. The molecule has 0 spiro atoms. The quantitative estimate of drug-likeness (QED) is 0.136. The van der Waals surface area contributed by atoms with E-state index < -0.39 is 61.3 Å². The van der Waals surface area contributed by atoms with Crippen molar-refractivity contribution in [2.24, 2.45) is 17.6 Å². The van der Waals surface area contributed by atoms with Crippen molar-refractivity contribution < 1.29 is 66.2 Å². The van der Waals surface area contributed by atoms with Gasteiger partial charge >= 0.3 is 18.2 Å². The van der Waals surface area contributed by atoms with Crippen LogP contribution in [0.1, 0.15) is 102 Å². The summed E-state index contributed by atoms with van der Waals surface area (Å²) in [5, 5.41) is 18.1. The van der Waals surface area contributed by atoms with E-state index in [-0.39, 0.29) is 74.9 Å². The number of carbonyl (C=O) groups is 4. The van der Waals surface area contributed by atoms with Gasteiger partial charge in [-0.1, -0.05) is 0 Å². The summed E-state index contributed by atoms with van der Waals surface area (Å²) in [6.45, 7) is 12.6. The second-order valence-electron chi connectivity index (χ2n) is 20.5. The molecule has 8 atom stereocenters. The van der Waals surface area contributed by atoms with Crippen molar-refractivity contribution in [2.75, 3.05) is 81.2 Å². The molecule has 5 heterocycles. The van der Waals surface area contributed by atoms with Gasteiger partial charge in [-0.3, -0.25) is 28.2 Å². The second-order valence-corrected chi connectivity index (χ2v) is 20.5. The minimum Gasteiger partial charge on any atom is -0.493 e. The van der Waals surface area contributed by atoms with E-state index in [1.807, 2.05) is 32.9 Å². The Morgan fingerprint density at radius 1 is 0.746 bits per heavy atom. The van der Waals surface area contributed by atoms with Gasteiger partial charge in [-0.2, -0.15) is 13.5 Å². The number of methoxy groups -OCH3 is 4. The number of hydrogen-bond donors (Lipinski definition) is 5. The highest BCUT2D eigenvalue weighted by Crippen LogP contribution is 2.43. The van der Waals surface area contributed by atoms with E-state index in [0.29, 0.717) is 24.5 Å². The molecule has 0 aromatic heterocycles. The van der Waals surface area contributed by atoms with E-state index >= 15 is 0 Å². The molecule has 3 saturated heterocycles. The Morgan fingerprint density at radius 2 is 1.21 bits per heavy atom. The SMILES string of the molecule is COc1cc2c(cc1OC)[C@@H]1C[C@H](NC(=O)OC(C)(C)C)[C@@H](N)CN1CC2.COc1cc2c(cc1OC)[C@@H]1C[C@H](NC(=O)OC(C)(C)C)[C@@H](NC(=O)C[C@@H](CO)CF)CN1CC2.O=C1C[C@H](CF)CO1.S. The van der Waals surface area contributed by atoms with E-state index in [1.165, 1.54) is 11.1 Å². The maximum Gasteiger partial charge on any atom is 0.407 e. The minimum absolute atomic E-state index is 0. The molecule has 0 radical (unpaired) electrons. The van der Waals surface area contributed by atoms with Gasteiger partial charge in [-0.25, -0.2) is 9.59 Å². The molecule has 71 heavy (non-hydrogen) atoms. The number of carbonyl (C=O) groups excluding carboxylic acids is 4. The summed E-state index contributed by atoms with van der Waals surface area (Å²) in [5.41, 5.74) is 9.92. The van der Waals surface area contributed by atoms with Gasteiger partial charge in [0.25, 0.3) is 0 Å². The molecule has 5 aliphatic rings. The van der Waals surface area contributed by atoms with Crippen LogP contribution < -0.4 is 40.6 Å². The third-order valence-electron chi connectivity index (χ3n) is 12.9. The lowest BCUT2D eigenvalue weighted by Gasteiger charge is -2.47. The first kappa shape index (κ1) is 58.7. The van der Waals surface area contributed by atoms with Gasteiger partial charge in [-0.05, 0) is 114 Å². The molecule has 5 aliphatic heterocycles. The summed E-state index contributed by atoms with van der Waals surface area (Å²) >= 11 is 0. The van der Waals surface area contributed by atoms with E-state index in [4.69, 9.17) is 34.2 Å². The largest absolute Gasteiger partial charge is 0.493 e. The molecule has 2 aromatic rings. The minimum atomic E-state index is -0.773. The molecule has 3 amide bonds. The topological polar surface area (TPSA) is 222 Å². The number of nitrogens with two attached hydrogens (primary N) is 1. The molecular weight excluding hydrogens is 947 g/mol. The lowest BCUT2D eigenvalue weighted by atomic mass is 9.82. The molecule has 0 bridgehead atoms. The number of nitrogens with zero attached hydrogens (tertiary/aromatic N) is 2. The van der Waals surface area contributed by atoms with Gasteiger partial charge in [0.2, 0.25) is 5.91 Å². The zero-order valence-electron chi connectivity index (χ0n) is 43.0. The van der Waals surface area contributed by atoms with Crippen molar-refractivity contribution in [1.29, 1.82) is 0 Å². The molecular formula is C50H78F2N6O12S. The van der Waals surface area contributed by atoms with E-state index in [1.54, 1.807) is 49.2 Å². The second kappa shape index (κ2) is 26.2. The molecule has 7 rings (SSSR count). The van der Waals surface area contributed by atoms with E-state index in [0.717, 1.165) is 61.5 Å². The van der Waals surface area contributed by atoms with E-state index in [2.05, 4.69) is 42.6 Å². The molecule has 21 heteroatoms. The van der Waals surface area contributed by atoms with Crippen LogP contribution >= 0.6 is 13.5 Å². The molecule has 3 fully saturated rings. The fourth-order valence-electron chi connectivity index (χ4n) is 9.50. The maximum atomic E-state index is 13.0. The number of alkyl carbamates (subject to hydrolysis) is 2. The molecule has 0 aliphatic carbocycles. The van der Waals surface area contributed by atoms with Crippen molar-refractivity contribution in [3.05, 3.63) is 46.5 Å². The zero-order valence-corrected chi connectivity index (χ0v) is 44.0. The van der Waals surface area contributed by atoms with Crippen LogP contribution in [0.3, 0.4) is 0 Å². The average Bonchev–Trinajstić information content (AvgIpc) is 3.74. The number of benzene rings is 2. The molecule has 0 saturated carbocycles. The molecule has 2 aromatic carbocycles. The lowest BCUT2D eigenvalue weighted by molar-refractivity contribution is -0.138. The van der Waals surface area contributed by atoms with Gasteiger partial charge in [0.05, 0.1) is 72.9 Å². The number of hydrogen-bond acceptors (Lipinski definition) is 15. The Balaban J connectivity index is 0.000000268. The fourth-order valence-corrected chi connectivity index (χ4v) is 9.50. The van der Waals surface area contributed by atoms with Gasteiger partial charge in [-0.15, -0.1) is 0 Å². The number of esters is 1. The summed E-state index contributed by atoms with van der Waals surface area (Å²) in [7, 11) is 6.51. The van der Waals surface area contributed by atoms with Crippen molar-refractivity contribution in [1.82, 2.24) is 25.8 Å². The monoisotopic (exact) mass is 1020 g/mol. The standard InChI is InChI=1S/C25H38FN3O6.C20H31N3O4.C5H7FO2.H2S/c1-25(2,3)35-24(32)28-18-11-20-17-10-22(34-5)21(33-4)9-16(17)6-7-29(20)13-19(18)27-23(31)8-15(12-26)14-30;1-20(2,3)27-19(24)22-15-10-16-13-9-18(26-5)17(25-4)8-12(13)6-7-23(16)11-14(15)21;6-2-4-1-5(7)8-3-4;/h9-10,15,18-20,30H,6-8,11-14H2,1-5H3,(H,27,31)(H,28,32);8-9,14-16H,6-7,10-11,21H2,1-5H3,(H,22,24);4H,1-3H2;1H2/t15-,18+,19+,20+;14-,15-,16-;4-;/m101./s1. The van der Waals surface area contributed by atoms with Crippen LogP contribution in [0.25, 0.3) is 0 Å². The highest BCUT2D eigenvalue weighted by molar-refractivity contribution is 7.59. The Labute approximate surface area is 424 Å². The van der Waals surface area contributed by atoms with Gasteiger partial charge in [0, 0.05) is 69.2 Å².